The van der Waals surface area contributed by atoms with Crippen LogP contribution in [0.2, 0.25) is 0 Å². The zero-order valence-corrected chi connectivity index (χ0v) is 18.2. The first kappa shape index (κ1) is 25.6. The normalized spacial score (nSPS) is 11.7. The smallest absolute Gasteiger partial charge is 0.334 e. The van der Waals surface area contributed by atoms with Crippen molar-refractivity contribution in [1.29, 1.82) is 0 Å². The van der Waals surface area contributed by atoms with Crippen LogP contribution in [0, 0.1) is 0 Å². The van der Waals surface area contributed by atoms with Crippen molar-refractivity contribution in [3.05, 3.63) is 0 Å². The van der Waals surface area contributed by atoms with Crippen LogP contribution in [-0.4, -0.2) is 32.0 Å². The molecule has 0 spiro atoms. The highest BCUT2D eigenvalue weighted by Gasteiger charge is 2.23. The summed E-state index contributed by atoms with van der Waals surface area (Å²) < 4.78 is 27.7. The lowest BCUT2D eigenvalue weighted by Gasteiger charge is -2.16. The fraction of sp³-hybridized carbons (Fsp3) is 0.950. The summed E-state index contributed by atoms with van der Waals surface area (Å²) in [6.45, 7) is 6.52. The predicted octanol–water partition coefficient (Wildman–Crippen LogP) is 6.50. The molecular formula is C20H41O5P. The molecule has 0 atom stereocenters. The van der Waals surface area contributed by atoms with E-state index >= 15 is 0 Å². The first-order chi connectivity index (χ1) is 12.6. The molecule has 0 aromatic heterocycles. The number of carbonyl (C=O) groups excluding carboxylic acids is 1. The molecule has 0 rings (SSSR count). The summed E-state index contributed by atoms with van der Waals surface area (Å²) in [4.78, 5) is 11.7. The maximum absolute atomic E-state index is 12.2. The maximum Gasteiger partial charge on any atom is 0.334 e. The third-order valence-electron chi connectivity index (χ3n) is 4.26. The molecule has 0 unspecified atom stereocenters. The molecule has 0 fully saturated rings. The average molecular weight is 393 g/mol. The lowest BCUT2D eigenvalue weighted by atomic mass is 10.1. The summed E-state index contributed by atoms with van der Waals surface area (Å²) in [6.07, 6.45) is 14.4. The summed E-state index contributed by atoms with van der Waals surface area (Å²) in [5.74, 6) is -0.222. The van der Waals surface area contributed by atoms with Crippen LogP contribution in [0.1, 0.15) is 97.8 Å². The fourth-order valence-corrected chi connectivity index (χ4v) is 4.27. The molecule has 0 aromatic rings. The van der Waals surface area contributed by atoms with Crippen LogP contribution >= 0.6 is 7.60 Å². The van der Waals surface area contributed by atoms with Gasteiger partial charge in [0.05, 0.1) is 19.4 Å². The highest BCUT2D eigenvalue weighted by atomic mass is 31.2. The zero-order chi connectivity index (χ0) is 19.5. The fourth-order valence-electron chi connectivity index (χ4n) is 2.84. The van der Waals surface area contributed by atoms with Gasteiger partial charge in [-0.25, -0.2) is 0 Å². The number of unbranched alkanes of at least 4 members (excludes halogenated alkanes) is 10. The summed E-state index contributed by atoms with van der Waals surface area (Å²) in [5.41, 5.74) is 0. The molecule has 0 aliphatic rings. The third kappa shape index (κ3) is 15.8. The number of esters is 1. The van der Waals surface area contributed by atoms with Gasteiger partial charge in [0.25, 0.3) is 0 Å². The van der Waals surface area contributed by atoms with Gasteiger partial charge in [-0.05, 0) is 20.3 Å². The minimum atomic E-state index is -3.11. The van der Waals surface area contributed by atoms with E-state index in [1.54, 1.807) is 13.8 Å². The molecule has 5 nitrogen and oxygen atoms in total. The summed E-state index contributed by atoms with van der Waals surface area (Å²) in [5, 5.41) is 0. The first-order valence-electron chi connectivity index (χ1n) is 10.6. The van der Waals surface area contributed by atoms with Crippen LogP contribution < -0.4 is 0 Å². The zero-order valence-electron chi connectivity index (χ0n) is 17.3. The quantitative estimate of drug-likeness (QED) is 0.143. The maximum atomic E-state index is 12.2. The Balaban J connectivity index is 3.50. The van der Waals surface area contributed by atoms with Crippen LogP contribution in [0.3, 0.4) is 0 Å². The molecule has 0 aromatic carbocycles. The van der Waals surface area contributed by atoms with E-state index in [1.807, 2.05) is 0 Å². The summed E-state index contributed by atoms with van der Waals surface area (Å²) >= 11 is 0. The van der Waals surface area contributed by atoms with E-state index in [9.17, 15) is 9.36 Å². The van der Waals surface area contributed by atoms with Crippen molar-refractivity contribution in [1.82, 2.24) is 0 Å². The molecular weight excluding hydrogens is 351 g/mol. The standard InChI is InChI=1S/C20H41O5P/c1-4-7-8-9-10-11-12-13-14-15-16-17-20(21)23-18-19-26(22,24-5-2)25-6-3/h4-19H2,1-3H3. The van der Waals surface area contributed by atoms with Gasteiger partial charge in [0.15, 0.2) is 0 Å². The third-order valence-corrected chi connectivity index (χ3v) is 6.30. The monoisotopic (exact) mass is 392 g/mol. The number of hydrogen-bond donors (Lipinski definition) is 0. The molecule has 0 amide bonds. The summed E-state index contributed by atoms with van der Waals surface area (Å²) in [6, 6.07) is 0. The van der Waals surface area contributed by atoms with Gasteiger partial charge in [-0.2, -0.15) is 0 Å². The molecule has 0 N–H and O–H groups in total. The van der Waals surface area contributed by atoms with E-state index < -0.39 is 7.60 Å². The second-order valence-electron chi connectivity index (χ2n) is 6.68. The van der Waals surface area contributed by atoms with Gasteiger partial charge in [-0.3, -0.25) is 9.36 Å². The minimum Gasteiger partial charge on any atom is -0.465 e. The molecule has 6 heteroatoms. The van der Waals surface area contributed by atoms with Crippen LogP contribution in [0.25, 0.3) is 0 Å². The van der Waals surface area contributed by atoms with E-state index in [0.717, 1.165) is 12.8 Å². The van der Waals surface area contributed by atoms with Crippen molar-refractivity contribution in [2.24, 2.45) is 0 Å². The Kier molecular flexibility index (Phi) is 17.7. The largest absolute Gasteiger partial charge is 0.465 e. The Hall–Kier alpha value is -0.380. The van der Waals surface area contributed by atoms with Gasteiger partial charge in [-0.1, -0.05) is 71.1 Å². The van der Waals surface area contributed by atoms with E-state index in [2.05, 4.69) is 6.92 Å². The van der Waals surface area contributed by atoms with E-state index in [1.165, 1.54) is 57.8 Å². The van der Waals surface area contributed by atoms with E-state index in [-0.39, 0.29) is 18.7 Å². The minimum absolute atomic E-state index is 0.0914. The lowest BCUT2D eigenvalue weighted by molar-refractivity contribution is -0.143. The SMILES string of the molecule is CCCCCCCCCCCCCC(=O)OCCP(=O)(OCC)OCC. The topological polar surface area (TPSA) is 61.8 Å². The van der Waals surface area contributed by atoms with Gasteiger partial charge in [0.2, 0.25) is 0 Å². The number of carbonyl (C=O) groups is 1. The molecule has 0 aliphatic heterocycles. The van der Waals surface area contributed by atoms with Crippen molar-refractivity contribution in [2.75, 3.05) is 26.0 Å². The molecule has 156 valence electrons. The van der Waals surface area contributed by atoms with Gasteiger partial charge in [0, 0.05) is 6.42 Å². The Morgan fingerprint density at radius 3 is 1.65 bits per heavy atom. The number of hydrogen-bond acceptors (Lipinski definition) is 5. The number of rotatable bonds is 19. The van der Waals surface area contributed by atoms with Crippen molar-refractivity contribution in [3.63, 3.8) is 0 Å². The van der Waals surface area contributed by atoms with Crippen LogP contribution in [-0.2, 0) is 23.1 Å². The molecule has 0 aliphatic carbocycles. The molecule has 0 saturated carbocycles. The molecule has 26 heavy (non-hydrogen) atoms. The Bertz CT molecular complexity index is 363. The van der Waals surface area contributed by atoms with Gasteiger partial charge < -0.3 is 13.8 Å². The van der Waals surface area contributed by atoms with Crippen molar-refractivity contribution >= 4 is 13.6 Å². The van der Waals surface area contributed by atoms with Crippen LogP contribution in [0.15, 0.2) is 0 Å². The first-order valence-corrected chi connectivity index (χ1v) is 12.3. The Morgan fingerprint density at radius 1 is 0.731 bits per heavy atom. The molecule has 0 radical (unpaired) electrons. The number of ether oxygens (including phenoxy) is 1. The van der Waals surface area contributed by atoms with E-state index in [0.29, 0.717) is 19.6 Å². The lowest BCUT2D eigenvalue weighted by Crippen LogP contribution is -2.11. The second kappa shape index (κ2) is 18.0. The molecule has 0 heterocycles. The Morgan fingerprint density at radius 2 is 1.19 bits per heavy atom. The molecule has 0 bridgehead atoms. The highest BCUT2D eigenvalue weighted by molar-refractivity contribution is 7.53. The second-order valence-corrected chi connectivity index (χ2v) is 8.86. The summed E-state index contributed by atoms with van der Waals surface area (Å²) in [7, 11) is -3.11. The van der Waals surface area contributed by atoms with Crippen molar-refractivity contribution in [3.8, 4) is 0 Å². The van der Waals surface area contributed by atoms with Crippen LogP contribution in [0.5, 0.6) is 0 Å². The molecule has 0 saturated heterocycles. The Labute approximate surface area is 161 Å². The predicted molar refractivity (Wildman–Crippen MR) is 108 cm³/mol. The van der Waals surface area contributed by atoms with Gasteiger partial charge in [0.1, 0.15) is 6.61 Å². The van der Waals surface area contributed by atoms with Crippen LogP contribution in [0.4, 0.5) is 0 Å². The van der Waals surface area contributed by atoms with Crippen molar-refractivity contribution < 1.29 is 23.1 Å². The average Bonchev–Trinajstić information content (AvgIpc) is 2.60. The highest BCUT2D eigenvalue weighted by Crippen LogP contribution is 2.47. The van der Waals surface area contributed by atoms with Gasteiger partial charge in [-0.15, -0.1) is 0 Å². The van der Waals surface area contributed by atoms with E-state index in [4.69, 9.17) is 13.8 Å². The van der Waals surface area contributed by atoms with Crippen molar-refractivity contribution in [2.45, 2.75) is 97.8 Å². The van der Waals surface area contributed by atoms with Gasteiger partial charge >= 0.3 is 13.6 Å².